The lowest BCUT2D eigenvalue weighted by Crippen LogP contribution is -2.32. The minimum Gasteiger partial charge on any atom is -0.444 e. The molecule has 0 saturated carbocycles. The number of nitrogens with zero attached hydrogens (tertiary/aromatic N) is 2. The fraction of sp³-hybridized carbons (Fsp3) is 0.667. The Bertz CT molecular complexity index is 680. The predicted molar refractivity (Wildman–Crippen MR) is 106 cm³/mol. The van der Waals surface area contributed by atoms with Crippen LogP contribution in [0.5, 0.6) is 0 Å². The molecule has 1 N–H and O–H groups in total. The van der Waals surface area contributed by atoms with Crippen molar-refractivity contribution < 1.29 is 14.3 Å². The molecule has 0 spiro atoms. The number of hydrogen-bond donors (Lipinski definition) is 1. The Morgan fingerprint density at radius 2 is 2.04 bits per heavy atom. The molecule has 2 heterocycles. The molecule has 1 aromatic rings. The number of rotatable bonds is 5. The lowest BCUT2D eigenvalue weighted by molar-refractivity contribution is 0.0522. The molecule has 1 atom stereocenters. The van der Waals surface area contributed by atoms with Gasteiger partial charge in [-0.1, -0.05) is 13.8 Å². The molecule has 1 fully saturated rings. The molecule has 150 valence electrons. The van der Waals surface area contributed by atoms with Crippen LogP contribution < -0.4 is 5.32 Å². The fourth-order valence-corrected chi connectivity index (χ4v) is 3.46. The van der Waals surface area contributed by atoms with Gasteiger partial charge in [0.15, 0.2) is 0 Å². The number of hydrogen-bond acceptors (Lipinski definition) is 4. The first-order valence-corrected chi connectivity index (χ1v) is 9.78. The van der Waals surface area contributed by atoms with E-state index in [4.69, 9.17) is 4.74 Å². The zero-order valence-corrected chi connectivity index (χ0v) is 17.5. The van der Waals surface area contributed by atoms with Crippen LogP contribution >= 0.6 is 0 Å². The molecule has 0 bridgehead atoms. The maximum Gasteiger partial charge on any atom is 0.407 e. The Morgan fingerprint density at radius 3 is 2.63 bits per heavy atom. The highest BCUT2D eigenvalue weighted by Crippen LogP contribution is 2.25. The number of carbonyl (C=O) groups is 2. The number of nitrogens with one attached hydrogen (secondary N) is 1. The van der Waals surface area contributed by atoms with Crippen LogP contribution in [0.2, 0.25) is 0 Å². The van der Waals surface area contributed by atoms with E-state index in [2.05, 4.69) is 24.1 Å². The SMILES string of the molecule is Cc1nc(CNC(=O)OC(C)(C)C)ccc1C(=O)N1CCC(CC(C)C)C1. The van der Waals surface area contributed by atoms with Crippen LogP contribution in [0.25, 0.3) is 0 Å². The first-order valence-electron chi connectivity index (χ1n) is 9.78. The Balaban J connectivity index is 1.94. The Kier molecular flexibility index (Phi) is 6.84. The van der Waals surface area contributed by atoms with E-state index in [-0.39, 0.29) is 12.5 Å². The van der Waals surface area contributed by atoms with Crippen molar-refractivity contribution in [1.29, 1.82) is 0 Å². The van der Waals surface area contributed by atoms with Gasteiger partial charge < -0.3 is 15.0 Å². The summed E-state index contributed by atoms with van der Waals surface area (Å²) >= 11 is 0. The van der Waals surface area contributed by atoms with Crippen LogP contribution in [0, 0.1) is 18.8 Å². The van der Waals surface area contributed by atoms with Gasteiger partial charge in [-0.3, -0.25) is 9.78 Å². The van der Waals surface area contributed by atoms with Crippen molar-refractivity contribution in [2.75, 3.05) is 13.1 Å². The zero-order valence-electron chi connectivity index (χ0n) is 17.5. The Labute approximate surface area is 162 Å². The number of amides is 2. The lowest BCUT2D eigenvalue weighted by Gasteiger charge is -2.20. The van der Waals surface area contributed by atoms with Crippen LogP contribution in [0.3, 0.4) is 0 Å². The second kappa shape index (κ2) is 8.72. The van der Waals surface area contributed by atoms with E-state index in [9.17, 15) is 9.59 Å². The normalized spacial score (nSPS) is 17.3. The van der Waals surface area contributed by atoms with E-state index in [0.717, 1.165) is 25.9 Å². The third-order valence-electron chi connectivity index (χ3n) is 4.56. The molecule has 1 aromatic heterocycles. The van der Waals surface area contributed by atoms with E-state index < -0.39 is 11.7 Å². The average molecular weight is 376 g/mol. The number of pyridine rings is 1. The maximum absolute atomic E-state index is 12.8. The summed E-state index contributed by atoms with van der Waals surface area (Å²) in [6.45, 7) is 13.7. The van der Waals surface area contributed by atoms with Crippen molar-refractivity contribution >= 4 is 12.0 Å². The summed E-state index contributed by atoms with van der Waals surface area (Å²) in [7, 11) is 0. The highest BCUT2D eigenvalue weighted by atomic mass is 16.6. The van der Waals surface area contributed by atoms with Crippen LogP contribution in [0.1, 0.15) is 69.2 Å². The lowest BCUT2D eigenvalue weighted by atomic mass is 9.97. The standard InChI is InChI=1S/C21H33N3O3/c1-14(2)11-16-9-10-24(13-16)19(25)18-8-7-17(23-15(18)3)12-22-20(26)27-21(4,5)6/h7-8,14,16H,9-13H2,1-6H3,(H,22,26). The first-order chi connectivity index (χ1) is 12.5. The van der Waals surface area contributed by atoms with E-state index in [1.165, 1.54) is 0 Å². The number of aryl methyl sites for hydroxylation is 1. The molecule has 6 nitrogen and oxygen atoms in total. The van der Waals surface area contributed by atoms with E-state index in [0.29, 0.717) is 28.8 Å². The van der Waals surface area contributed by atoms with E-state index >= 15 is 0 Å². The largest absolute Gasteiger partial charge is 0.444 e. The van der Waals surface area contributed by atoms with Crippen molar-refractivity contribution in [3.8, 4) is 0 Å². The summed E-state index contributed by atoms with van der Waals surface area (Å²) in [6.07, 6.45) is 1.76. The average Bonchev–Trinajstić information content (AvgIpc) is 2.98. The summed E-state index contributed by atoms with van der Waals surface area (Å²) < 4.78 is 5.22. The van der Waals surface area contributed by atoms with Gasteiger partial charge in [-0.25, -0.2) is 4.79 Å². The van der Waals surface area contributed by atoms with Gasteiger partial charge in [0.2, 0.25) is 0 Å². The van der Waals surface area contributed by atoms with Gasteiger partial charge in [-0.05, 0) is 64.5 Å². The van der Waals surface area contributed by atoms with Gasteiger partial charge >= 0.3 is 6.09 Å². The summed E-state index contributed by atoms with van der Waals surface area (Å²) in [5.41, 5.74) is 1.50. The van der Waals surface area contributed by atoms with Crippen molar-refractivity contribution in [3.63, 3.8) is 0 Å². The summed E-state index contributed by atoms with van der Waals surface area (Å²) in [5, 5.41) is 2.69. The molecular weight excluding hydrogens is 342 g/mol. The van der Waals surface area contributed by atoms with Crippen LogP contribution in [0.15, 0.2) is 12.1 Å². The van der Waals surface area contributed by atoms with Gasteiger partial charge in [0.05, 0.1) is 23.5 Å². The smallest absolute Gasteiger partial charge is 0.407 e. The van der Waals surface area contributed by atoms with Crippen molar-refractivity contribution in [2.45, 2.75) is 66.5 Å². The Morgan fingerprint density at radius 1 is 1.33 bits per heavy atom. The molecule has 0 radical (unpaired) electrons. The monoisotopic (exact) mass is 375 g/mol. The predicted octanol–water partition coefficient (Wildman–Crippen LogP) is 3.92. The minimum atomic E-state index is -0.535. The topological polar surface area (TPSA) is 71.5 Å². The molecular formula is C21H33N3O3. The summed E-state index contributed by atoms with van der Waals surface area (Å²) in [6, 6.07) is 3.60. The van der Waals surface area contributed by atoms with Gasteiger partial charge in [-0.2, -0.15) is 0 Å². The molecule has 0 aliphatic carbocycles. The molecule has 1 unspecified atom stereocenters. The van der Waals surface area contributed by atoms with Gasteiger partial charge in [0.1, 0.15) is 5.60 Å². The third kappa shape index (κ3) is 6.52. The molecule has 27 heavy (non-hydrogen) atoms. The highest BCUT2D eigenvalue weighted by Gasteiger charge is 2.28. The van der Waals surface area contributed by atoms with Gasteiger partial charge in [0, 0.05) is 13.1 Å². The van der Waals surface area contributed by atoms with E-state index in [1.54, 1.807) is 6.07 Å². The maximum atomic E-state index is 12.8. The molecule has 2 rings (SSSR count). The summed E-state index contributed by atoms with van der Waals surface area (Å²) in [4.78, 5) is 31.0. The van der Waals surface area contributed by atoms with Crippen molar-refractivity contribution in [3.05, 3.63) is 29.1 Å². The number of alkyl carbamates (subject to hydrolysis) is 1. The molecule has 1 saturated heterocycles. The third-order valence-corrected chi connectivity index (χ3v) is 4.56. The second-order valence-electron chi connectivity index (χ2n) is 8.83. The molecule has 1 aliphatic heterocycles. The highest BCUT2D eigenvalue weighted by molar-refractivity contribution is 5.95. The number of carbonyl (C=O) groups excluding carboxylic acids is 2. The van der Waals surface area contributed by atoms with Gasteiger partial charge in [-0.15, -0.1) is 0 Å². The van der Waals surface area contributed by atoms with Crippen LogP contribution in [-0.4, -0.2) is 40.6 Å². The Hall–Kier alpha value is -2.11. The van der Waals surface area contributed by atoms with Crippen molar-refractivity contribution in [1.82, 2.24) is 15.2 Å². The quantitative estimate of drug-likeness (QED) is 0.847. The first kappa shape index (κ1) is 21.2. The summed E-state index contributed by atoms with van der Waals surface area (Å²) in [5.74, 6) is 1.31. The fourth-order valence-electron chi connectivity index (χ4n) is 3.46. The number of aromatic nitrogens is 1. The molecule has 0 aromatic carbocycles. The van der Waals surface area contributed by atoms with Gasteiger partial charge in [0.25, 0.3) is 5.91 Å². The van der Waals surface area contributed by atoms with Crippen LogP contribution in [0.4, 0.5) is 4.79 Å². The molecule has 2 amide bonds. The van der Waals surface area contributed by atoms with Crippen molar-refractivity contribution in [2.24, 2.45) is 11.8 Å². The number of ether oxygens (including phenoxy) is 1. The second-order valence-corrected chi connectivity index (χ2v) is 8.83. The van der Waals surface area contributed by atoms with E-state index in [1.807, 2.05) is 38.7 Å². The zero-order chi connectivity index (χ0) is 20.2. The number of likely N-dealkylation sites (tertiary alicyclic amines) is 1. The molecule has 6 heteroatoms. The minimum absolute atomic E-state index is 0.0536. The molecule has 1 aliphatic rings. The van der Waals surface area contributed by atoms with Crippen LogP contribution in [-0.2, 0) is 11.3 Å².